The quantitative estimate of drug-likeness (QED) is 0.728. The van der Waals surface area contributed by atoms with E-state index in [4.69, 9.17) is 13.6 Å². The topological polar surface area (TPSA) is 74.5 Å². The minimum atomic E-state index is -3.19. The van der Waals surface area contributed by atoms with Crippen LogP contribution in [0.2, 0.25) is 0 Å². The lowest BCUT2D eigenvalue weighted by Crippen LogP contribution is -2.00. The van der Waals surface area contributed by atoms with Gasteiger partial charge in [-0.3, -0.25) is 4.57 Å². The summed E-state index contributed by atoms with van der Waals surface area (Å²) in [6.07, 6.45) is 0.0162. The van der Waals surface area contributed by atoms with Crippen molar-refractivity contribution in [2.24, 2.45) is 0 Å². The third kappa shape index (κ3) is 3.73. The van der Waals surface area contributed by atoms with E-state index in [1.54, 1.807) is 25.2 Å². The highest BCUT2D eigenvalue weighted by atomic mass is 32.1. The number of rotatable bonds is 7. The van der Waals surface area contributed by atoms with Crippen LogP contribution in [0.5, 0.6) is 0 Å². The highest BCUT2D eigenvalue weighted by Gasteiger charge is 2.27. The zero-order chi connectivity index (χ0) is 13.7. The normalized spacial score (nSPS) is 11.9. The summed E-state index contributed by atoms with van der Waals surface area (Å²) >= 11 is 1.54. The zero-order valence-electron chi connectivity index (χ0n) is 10.7. The van der Waals surface area contributed by atoms with Crippen LogP contribution < -0.4 is 0 Å². The smallest absolute Gasteiger partial charge is 0.334 e. The number of hydrogen-bond donors (Lipinski definition) is 0. The lowest BCUT2D eigenvalue weighted by Gasteiger charge is -2.14. The molecular formula is C11H15N2O4PS. The van der Waals surface area contributed by atoms with Crippen LogP contribution in [0.1, 0.15) is 19.7 Å². The number of thiophene rings is 1. The molecule has 104 valence electrons. The molecule has 0 amide bonds. The SMILES string of the molecule is CCOP(=O)(Cc1noc(-c2ccsc2)n1)OCC. The molecule has 19 heavy (non-hydrogen) atoms. The second kappa shape index (κ2) is 6.43. The molecule has 0 N–H and O–H groups in total. The molecule has 2 rings (SSSR count). The van der Waals surface area contributed by atoms with Crippen molar-refractivity contribution >= 4 is 18.9 Å². The minimum Gasteiger partial charge on any atom is -0.334 e. The van der Waals surface area contributed by atoms with Gasteiger partial charge in [0, 0.05) is 5.38 Å². The van der Waals surface area contributed by atoms with Gasteiger partial charge in [-0.25, -0.2) is 0 Å². The molecule has 0 saturated heterocycles. The second-order valence-electron chi connectivity index (χ2n) is 3.63. The first-order valence-corrected chi connectivity index (χ1v) is 8.57. The predicted octanol–water partition coefficient (Wildman–Crippen LogP) is 3.56. The summed E-state index contributed by atoms with van der Waals surface area (Å²) in [6.45, 7) is 4.15. The molecular weight excluding hydrogens is 287 g/mol. The van der Waals surface area contributed by atoms with Crippen LogP contribution in [0, 0.1) is 0 Å². The van der Waals surface area contributed by atoms with E-state index in [2.05, 4.69) is 10.1 Å². The van der Waals surface area contributed by atoms with Gasteiger partial charge in [0.2, 0.25) is 0 Å². The Morgan fingerprint density at radius 1 is 1.37 bits per heavy atom. The fraction of sp³-hybridized carbons (Fsp3) is 0.455. The Bertz CT molecular complexity index is 545. The third-order valence-electron chi connectivity index (χ3n) is 2.22. The summed E-state index contributed by atoms with van der Waals surface area (Å²) in [5, 5.41) is 7.63. The first-order valence-electron chi connectivity index (χ1n) is 5.90. The monoisotopic (exact) mass is 302 g/mol. The molecule has 0 spiro atoms. The molecule has 0 aliphatic heterocycles. The first-order chi connectivity index (χ1) is 9.17. The molecule has 0 saturated carbocycles. The van der Waals surface area contributed by atoms with Gasteiger partial charge < -0.3 is 13.6 Å². The Kier molecular flexibility index (Phi) is 4.87. The van der Waals surface area contributed by atoms with Crippen LogP contribution >= 0.6 is 18.9 Å². The Labute approximate surface area is 115 Å². The summed E-state index contributed by atoms with van der Waals surface area (Å²) < 4.78 is 27.8. The molecule has 8 heteroatoms. The van der Waals surface area contributed by atoms with Crippen molar-refractivity contribution in [3.63, 3.8) is 0 Å². The predicted molar refractivity (Wildman–Crippen MR) is 72.2 cm³/mol. The van der Waals surface area contributed by atoms with Gasteiger partial charge in [0.05, 0.1) is 18.8 Å². The van der Waals surface area contributed by atoms with Gasteiger partial charge >= 0.3 is 7.60 Å². The van der Waals surface area contributed by atoms with E-state index in [0.717, 1.165) is 5.56 Å². The van der Waals surface area contributed by atoms with Crippen LogP contribution in [0.25, 0.3) is 11.5 Å². The van der Waals surface area contributed by atoms with E-state index in [-0.39, 0.29) is 6.16 Å². The molecule has 6 nitrogen and oxygen atoms in total. The van der Waals surface area contributed by atoms with Crippen LogP contribution in [-0.2, 0) is 19.8 Å². The summed E-state index contributed by atoms with van der Waals surface area (Å²) in [4.78, 5) is 4.20. The van der Waals surface area contributed by atoms with E-state index in [1.807, 2.05) is 16.8 Å². The minimum absolute atomic E-state index is 0.0162. The molecule has 2 aromatic rings. The van der Waals surface area contributed by atoms with Gasteiger partial charge in [-0.05, 0) is 25.3 Å². The van der Waals surface area contributed by atoms with Gasteiger partial charge in [0.15, 0.2) is 5.82 Å². The molecule has 0 fully saturated rings. The van der Waals surface area contributed by atoms with Crippen LogP contribution in [0.4, 0.5) is 0 Å². The number of nitrogens with zero attached hydrogens (tertiary/aromatic N) is 2. The van der Waals surface area contributed by atoms with E-state index in [1.165, 1.54) is 0 Å². The largest absolute Gasteiger partial charge is 0.338 e. The van der Waals surface area contributed by atoms with Crippen molar-refractivity contribution in [1.82, 2.24) is 10.1 Å². The molecule has 0 aliphatic carbocycles. The van der Waals surface area contributed by atoms with E-state index in [9.17, 15) is 4.57 Å². The van der Waals surface area contributed by atoms with Gasteiger partial charge in [-0.15, -0.1) is 0 Å². The molecule has 2 heterocycles. The van der Waals surface area contributed by atoms with Gasteiger partial charge in [0.25, 0.3) is 5.89 Å². The molecule has 2 aromatic heterocycles. The summed E-state index contributed by atoms with van der Waals surface area (Å²) in [6, 6.07) is 1.88. The zero-order valence-corrected chi connectivity index (χ0v) is 12.4. The maximum absolute atomic E-state index is 12.3. The van der Waals surface area contributed by atoms with Crippen LogP contribution in [0.15, 0.2) is 21.3 Å². The van der Waals surface area contributed by atoms with E-state index < -0.39 is 7.60 Å². The van der Waals surface area contributed by atoms with E-state index in [0.29, 0.717) is 24.9 Å². The lowest BCUT2D eigenvalue weighted by molar-refractivity contribution is 0.218. The maximum Gasteiger partial charge on any atom is 0.338 e. The Morgan fingerprint density at radius 2 is 2.11 bits per heavy atom. The van der Waals surface area contributed by atoms with Gasteiger partial charge in [-0.1, -0.05) is 5.16 Å². The van der Waals surface area contributed by atoms with Crippen LogP contribution in [0.3, 0.4) is 0 Å². The highest BCUT2D eigenvalue weighted by molar-refractivity contribution is 7.53. The fourth-order valence-corrected chi connectivity index (χ4v) is 3.67. The van der Waals surface area contributed by atoms with Gasteiger partial charge in [-0.2, -0.15) is 16.3 Å². The van der Waals surface area contributed by atoms with E-state index >= 15 is 0 Å². The molecule has 0 bridgehead atoms. The Hall–Kier alpha value is -1.01. The first kappa shape index (κ1) is 14.4. The van der Waals surface area contributed by atoms with Crippen molar-refractivity contribution in [3.8, 4) is 11.5 Å². The molecule has 0 aromatic carbocycles. The Balaban J connectivity index is 2.12. The molecule has 0 unspecified atom stereocenters. The van der Waals surface area contributed by atoms with Crippen molar-refractivity contribution < 1.29 is 18.1 Å². The summed E-state index contributed by atoms with van der Waals surface area (Å²) in [7, 11) is -3.19. The standard InChI is InChI=1S/C11H15N2O4PS/c1-3-15-18(14,16-4-2)7-10-12-11(17-13-10)9-5-6-19-8-9/h5-6,8H,3-4,7H2,1-2H3. The lowest BCUT2D eigenvalue weighted by atomic mass is 10.3. The number of hydrogen-bond acceptors (Lipinski definition) is 7. The second-order valence-corrected chi connectivity index (χ2v) is 6.47. The van der Waals surface area contributed by atoms with Crippen molar-refractivity contribution in [3.05, 3.63) is 22.7 Å². The average molecular weight is 302 g/mol. The molecule has 0 radical (unpaired) electrons. The third-order valence-corrected chi connectivity index (χ3v) is 4.88. The van der Waals surface area contributed by atoms with Crippen molar-refractivity contribution in [1.29, 1.82) is 0 Å². The fourth-order valence-electron chi connectivity index (χ4n) is 1.52. The highest BCUT2D eigenvalue weighted by Crippen LogP contribution is 2.50. The summed E-state index contributed by atoms with van der Waals surface area (Å²) in [5.74, 6) is 0.738. The van der Waals surface area contributed by atoms with Crippen molar-refractivity contribution in [2.75, 3.05) is 13.2 Å². The molecule has 0 aliphatic rings. The Morgan fingerprint density at radius 3 is 2.68 bits per heavy atom. The van der Waals surface area contributed by atoms with Crippen molar-refractivity contribution in [2.45, 2.75) is 20.0 Å². The average Bonchev–Trinajstić information content (AvgIpc) is 2.98. The van der Waals surface area contributed by atoms with Crippen LogP contribution in [-0.4, -0.2) is 23.4 Å². The maximum atomic E-state index is 12.3. The summed E-state index contributed by atoms with van der Waals surface area (Å²) in [5.41, 5.74) is 0.853. The molecule has 0 atom stereocenters. The number of aromatic nitrogens is 2. The van der Waals surface area contributed by atoms with Gasteiger partial charge in [0.1, 0.15) is 6.16 Å².